The van der Waals surface area contributed by atoms with Crippen LogP contribution in [0.25, 0.3) is 28.0 Å². The fourth-order valence-electron chi connectivity index (χ4n) is 3.68. The van der Waals surface area contributed by atoms with E-state index in [4.69, 9.17) is 14.5 Å². The van der Waals surface area contributed by atoms with Crippen LogP contribution >= 0.6 is 0 Å². The maximum Gasteiger partial charge on any atom is 0.354 e. The van der Waals surface area contributed by atoms with Crippen LogP contribution in [0.2, 0.25) is 18.1 Å². The largest absolute Gasteiger partial charge is 0.477 e. The van der Waals surface area contributed by atoms with Gasteiger partial charge < -0.3 is 9.53 Å². The molecule has 0 spiro atoms. The van der Waals surface area contributed by atoms with E-state index in [2.05, 4.69) is 44.9 Å². The molecule has 1 aromatic carbocycles. The molecule has 0 saturated heterocycles. The van der Waals surface area contributed by atoms with Crippen molar-refractivity contribution in [2.24, 2.45) is 0 Å². The molecule has 36 heavy (non-hydrogen) atoms. The Morgan fingerprint density at radius 2 is 1.89 bits per heavy atom. The summed E-state index contributed by atoms with van der Waals surface area (Å²) in [5, 5.41) is 23.7. The monoisotopic (exact) mass is 499 g/mol. The van der Waals surface area contributed by atoms with Gasteiger partial charge in [0.05, 0.1) is 29.5 Å². The molecule has 0 radical (unpaired) electrons. The summed E-state index contributed by atoms with van der Waals surface area (Å²) in [6, 6.07) is 14.6. The molecule has 4 aromatic rings. The van der Waals surface area contributed by atoms with Gasteiger partial charge in [0.2, 0.25) is 0 Å². The van der Waals surface area contributed by atoms with E-state index in [1.54, 1.807) is 28.9 Å². The third kappa shape index (κ3) is 4.91. The van der Waals surface area contributed by atoms with Crippen molar-refractivity contribution in [2.75, 3.05) is 0 Å². The van der Waals surface area contributed by atoms with Gasteiger partial charge >= 0.3 is 5.97 Å². The summed E-state index contributed by atoms with van der Waals surface area (Å²) >= 11 is 0. The van der Waals surface area contributed by atoms with E-state index < -0.39 is 14.3 Å². The van der Waals surface area contributed by atoms with E-state index in [1.807, 2.05) is 25.1 Å². The number of aromatic nitrogens is 4. The van der Waals surface area contributed by atoms with Crippen LogP contribution in [-0.4, -0.2) is 39.0 Å². The van der Waals surface area contributed by atoms with Crippen LogP contribution < -0.4 is 0 Å². The number of nitriles is 1. The summed E-state index contributed by atoms with van der Waals surface area (Å²) in [5.74, 6) is -1.12. The van der Waals surface area contributed by atoms with Crippen LogP contribution in [0.3, 0.4) is 0 Å². The van der Waals surface area contributed by atoms with E-state index in [1.165, 1.54) is 6.07 Å². The van der Waals surface area contributed by atoms with Gasteiger partial charge in [0, 0.05) is 17.5 Å². The third-order valence-electron chi connectivity index (χ3n) is 6.65. The lowest BCUT2D eigenvalue weighted by molar-refractivity contribution is 0.0690. The fraction of sp³-hybridized carbons (Fsp3) is 0.296. The Morgan fingerprint density at radius 3 is 2.56 bits per heavy atom. The lowest BCUT2D eigenvalue weighted by Crippen LogP contribution is -2.40. The second kappa shape index (κ2) is 9.30. The number of aryl methyl sites for hydroxylation is 1. The maximum atomic E-state index is 11.7. The van der Waals surface area contributed by atoms with Crippen LogP contribution in [0.15, 0.2) is 48.7 Å². The number of pyridine rings is 1. The minimum Gasteiger partial charge on any atom is -0.477 e. The average molecular weight is 500 g/mol. The molecule has 0 saturated carbocycles. The molecule has 0 aliphatic carbocycles. The van der Waals surface area contributed by atoms with Crippen LogP contribution in [0.5, 0.6) is 0 Å². The number of carboxylic acid groups (broad SMARTS) is 1. The number of carbonyl (C=O) groups is 1. The van der Waals surface area contributed by atoms with Crippen LogP contribution in [0.1, 0.15) is 48.2 Å². The zero-order valence-electron chi connectivity index (χ0n) is 21.3. The molecule has 0 unspecified atom stereocenters. The van der Waals surface area contributed by atoms with Gasteiger partial charge in [-0.15, -0.1) is 0 Å². The Morgan fingerprint density at radius 1 is 1.14 bits per heavy atom. The summed E-state index contributed by atoms with van der Waals surface area (Å²) in [4.78, 5) is 20.8. The number of benzene rings is 1. The van der Waals surface area contributed by atoms with Gasteiger partial charge in [-0.25, -0.2) is 14.3 Å². The van der Waals surface area contributed by atoms with Crippen molar-refractivity contribution in [1.29, 1.82) is 5.26 Å². The Hall–Kier alpha value is -3.87. The predicted molar refractivity (Wildman–Crippen MR) is 140 cm³/mol. The Kier molecular flexibility index (Phi) is 6.51. The molecule has 184 valence electrons. The lowest BCUT2D eigenvalue weighted by atomic mass is 9.99. The molecule has 3 aromatic heterocycles. The minimum atomic E-state index is -1.99. The highest BCUT2D eigenvalue weighted by molar-refractivity contribution is 6.74. The number of hydrogen-bond donors (Lipinski definition) is 1. The Bertz CT molecular complexity index is 1510. The summed E-state index contributed by atoms with van der Waals surface area (Å²) < 4.78 is 7.98. The molecule has 4 rings (SSSR count). The molecule has 0 aliphatic heterocycles. The van der Waals surface area contributed by atoms with Gasteiger partial charge in [0.15, 0.2) is 19.7 Å². The smallest absolute Gasteiger partial charge is 0.354 e. The molecule has 0 atom stereocenters. The van der Waals surface area contributed by atoms with Gasteiger partial charge in [-0.05, 0) is 61.0 Å². The first-order valence-corrected chi connectivity index (χ1v) is 14.6. The first-order chi connectivity index (χ1) is 16.9. The SMILES string of the molecule is Cc1cc(-c2c(-c3cccc(C#N)c3)nn3ccc(C(=O)O)nc23)cc(CO[Si](C)(C)C(C)(C)C)n1. The van der Waals surface area contributed by atoms with Gasteiger partial charge in [-0.2, -0.15) is 10.4 Å². The molecular formula is C27H29N5O3Si. The lowest BCUT2D eigenvalue weighted by Gasteiger charge is -2.36. The van der Waals surface area contributed by atoms with E-state index in [9.17, 15) is 15.2 Å². The van der Waals surface area contributed by atoms with Crippen LogP contribution in [-0.2, 0) is 11.0 Å². The zero-order valence-corrected chi connectivity index (χ0v) is 22.3. The molecule has 0 bridgehead atoms. The molecular weight excluding hydrogens is 470 g/mol. The summed E-state index contributed by atoms with van der Waals surface area (Å²) in [7, 11) is -1.99. The van der Waals surface area contributed by atoms with E-state index >= 15 is 0 Å². The highest BCUT2D eigenvalue weighted by atomic mass is 28.4. The number of rotatable bonds is 6. The van der Waals surface area contributed by atoms with Crippen molar-refractivity contribution < 1.29 is 14.3 Å². The van der Waals surface area contributed by atoms with Crippen molar-refractivity contribution >= 4 is 19.9 Å². The highest BCUT2D eigenvalue weighted by Gasteiger charge is 2.37. The van der Waals surface area contributed by atoms with Crippen molar-refractivity contribution in [3.8, 4) is 28.5 Å². The van der Waals surface area contributed by atoms with Crippen molar-refractivity contribution in [1.82, 2.24) is 19.6 Å². The van der Waals surface area contributed by atoms with Gasteiger partial charge in [0.1, 0.15) is 5.69 Å². The number of carboxylic acids is 1. The van der Waals surface area contributed by atoms with Crippen molar-refractivity contribution in [3.63, 3.8) is 0 Å². The van der Waals surface area contributed by atoms with Gasteiger partial charge in [-0.3, -0.25) is 4.98 Å². The Balaban J connectivity index is 1.90. The first kappa shape index (κ1) is 25.2. The normalized spacial score (nSPS) is 12.0. The minimum absolute atomic E-state index is 0.0676. The van der Waals surface area contributed by atoms with Gasteiger partial charge in [0.25, 0.3) is 0 Å². The maximum absolute atomic E-state index is 11.7. The number of hydrogen-bond acceptors (Lipinski definition) is 6. The second-order valence-corrected chi connectivity index (χ2v) is 15.1. The number of nitrogens with zero attached hydrogens (tertiary/aromatic N) is 5. The molecule has 3 heterocycles. The number of fused-ring (bicyclic) bond motifs is 1. The summed E-state index contributed by atoms with van der Waals surface area (Å²) in [6.45, 7) is 13.3. The average Bonchev–Trinajstić information content (AvgIpc) is 3.20. The standard InChI is InChI=1S/C27H29N5O3Si/c1-17-12-20(14-21(29-17)16-35-36(5,6)27(2,3)4)23-24(19-9-7-8-18(13-19)15-28)31-32-11-10-22(26(33)34)30-25(23)32/h7-14H,16H2,1-6H3,(H,33,34). The first-order valence-electron chi connectivity index (χ1n) is 11.6. The van der Waals surface area contributed by atoms with E-state index in [0.29, 0.717) is 29.1 Å². The van der Waals surface area contributed by atoms with Gasteiger partial charge in [-0.1, -0.05) is 32.9 Å². The van der Waals surface area contributed by atoms with E-state index in [-0.39, 0.29) is 10.7 Å². The van der Waals surface area contributed by atoms with E-state index in [0.717, 1.165) is 22.5 Å². The zero-order chi connectivity index (χ0) is 26.3. The molecule has 8 nitrogen and oxygen atoms in total. The quantitative estimate of drug-likeness (QED) is 0.331. The fourth-order valence-corrected chi connectivity index (χ4v) is 4.62. The second-order valence-electron chi connectivity index (χ2n) is 10.3. The predicted octanol–water partition coefficient (Wildman–Crippen LogP) is 5.86. The third-order valence-corrected chi connectivity index (χ3v) is 11.1. The Labute approximate surface area is 211 Å². The molecule has 0 aliphatic rings. The van der Waals surface area contributed by atoms with Crippen molar-refractivity contribution in [2.45, 2.75) is 52.4 Å². The summed E-state index contributed by atoms with van der Waals surface area (Å²) in [5.41, 5.74) is 5.23. The summed E-state index contributed by atoms with van der Waals surface area (Å²) in [6.07, 6.45) is 1.59. The highest BCUT2D eigenvalue weighted by Crippen LogP contribution is 2.38. The molecule has 0 fully saturated rings. The topological polar surface area (TPSA) is 113 Å². The molecule has 9 heteroatoms. The van der Waals surface area contributed by atoms with Crippen LogP contribution in [0.4, 0.5) is 0 Å². The molecule has 1 N–H and O–H groups in total. The van der Waals surface area contributed by atoms with Crippen molar-refractivity contribution in [3.05, 3.63) is 71.3 Å². The molecule has 0 amide bonds. The number of aromatic carboxylic acids is 1. The van der Waals surface area contributed by atoms with Crippen LogP contribution in [0, 0.1) is 18.3 Å².